The van der Waals surface area contributed by atoms with Crippen LogP contribution in [-0.2, 0) is 14.2 Å². The van der Waals surface area contributed by atoms with Crippen LogP contribution in [0.1, 0.15) is 6.92 Å². The predicted molar refractivity (Wildman–Crippen MR) is 46.2 cm³/mol. The summed E-state index contributed by atoms with van der Waals surface area (Å²) in [6.45, 7) is 1.55. The number of aliphatic hydroxyl groups excluding tert-OH is 2. The van der Waals surface area contributed by atoms with Crippen molar-refractivity contribution in [2.45, 2.75) is 19.3 Å². The van der Waals surface area contributed by atoms with E-state index in [1.807, 2.05) is 6.92 Å². The van der Waals surface area contributed by atoms with Gasteiger partial charge in [0, 0.05) is 5.57 Å². The molecule has 2 saturated heterocycles. The van der Waals surface area contributed by atoms with E-state index in [2.05, 4.69) is 0 Å². The maximum Gasteiger partial charge on any atom is 0.233 e. The van der Waals surface area contributed by atoms with E-state index in [0.717, 1.165) is 5.57 Å². The molecule has 0 amide bonds. The molecule has 2 N–H and O–H groups in total. The molecule has 14 heavy (non-hydrogen) atoms. The second kappa shape index (κ2) is 3.61. The quantitative estimate of drug-likeness (QED) is 0.600. The third-order valence-corrected chi connectivity index (χ3v) is 2.25. The molecule has 0 saturated carbocycles. The molecule has 0 aromatic rings. The minimum Gasteiger partial charge on any atom is -0.506 e. The molecule has 0 bridgehead atoms. The van der Waals surface area contributed by atoms with Crippen molar-refractivity contribution in [2.24, 2.45) is 0 Å². The molecule has 2 rings (SSSR count). The highest BCUT2D eigenvalue weighted by atomic mass is 16.8. The fourth-order valence-corrected chi connectivity index (χ4v) is 1.59. The molecule has 0 aromatic heterocycles. The van der Waals surface area contributed by atoms with Crippen LogP contribution in [0.3, 0.4) is 0 Å². The Hall–Kier alpha value is -1.04. The SMILES string of the molecule is C/C=C1\C(=C(/O)CO)O[C@@H]2OCO[C@H]12. The van der Waals surface area contributed by atoms with Gasteiger partial charge in [0.05, 0.1) is 0 Å². The summed E-state index contributed by atoms with van der Waals surface area (Å²) < 4.78 is 15.7. The van der Waals surface area contributed by atoms with Gasteiger partial charge in [0.2, 0.25) is 6.29 Å². The third kappa shape index (κ3) is 1.30. The standard InChI is InChI=1S/C9H12O5/c1-2-5-7(6(11)3-10)14-9-8(5)12-4-13-9/h2,8-11H,3-4H2,1H3/b5-2+,7-6+/t8-,9+/m1/s1. The van der Waals surface area contributed by atoms with E-state index < -0.39 is 12.9 Å². The second-order valence-corrected chi connectivity index (χ2v) is 3.04. The Balaban J connectivity index is 2.31. The number of hydrogen-bond acceptors (Lipinski definition) is 5. The molecule has 0 aliphatic carbocycles. The fraction of sp³-hybridized carbons (Fsp3) is 0.556. The molecule has 5 heteroatoms. The summed E-state index contributed by atoms with van der Waals surface area (Å²) in [4.78, 5) is 0. The van der Waals surface area contributed by atoms with Gasteiger partial charge in [-0.05, 0) is 6.92 Å². The van der Waals surface area contributed by atoms with E-state index in [0.29, 0.717) is 0 Å². The maximum absolute atomic E-state index is 9.37. The lowest BCUT2D eigenvalue weighted by atomic mass is 10.1. The van der Waals surface area contributed by atoms with E-state index >= 15 is 0 Å². The summed E-state index contributed by atoms with van der Waals surface area (Å²) in [5.41, 5.74) is 0.721. The number of hydrogen-bond donors (Lipinski definition) is 2. The minimum absolute atomic E-state index is 0.194. The van der Waals surface area contributed by atoms with Crippen LogP contribution in [0.25, 0.3) is 0 Å². The van der Waals surface area contributed by atoms with Gasteiger partial charge < -0.3 is 24.4 Å². The van der Waals surface area contributed by atoms with E-state index in [1.165, 1.54) is 0 Å². The zero-order valence-electron chi connectivity index (χ0n) is 7.77. The highest BCUT2D eigenvalue weighted by Gasteiger charge is 2.43. The van der Waals surface area contributed by atoms with Crippen molar-refractivity contribution >= 4 is 0 Å². The molecule has 0 aromatic carbocycles. The summed E-state index contributed by atoms with van der Waals surface area (Å²) >= 11 is 0. The van der Waals surface area contributed by atoms with Crippen molar-refractivity contribution in [1.29, 1.82) is 0 Å². The van der Waals surface area contributed by atoms with Gasteiger partial charge in [-0.3, -0.25) is 0 Å². The first-order valence-electron chi connectivity index (χ1n) is 4.37. The molecule has 5 nitrogen and oxygen atoms in total. The van der Waals surface area contributed by atoms with Gasteiger partial charge in [0.15, 0.2) is 24.4 Å². The van der Waals surface area contributed by atoms with E-state index in [-0.39, 0.29) is 24.4 Å². The average molecular weight is 200 g/mol. The van der Waals surface area contributed by atoms with Crippen molar-refractivity contribution in [1.82, 2.24) is 0 Å². The largest absolute Gasteiger partial charge is 0.506 e. The van der Waals surface area contributed by atoms with Gasteiger partial charge in [0.25, 0.3) is 0 Å². The zero-order valence-corrected chi connectivity index (χ0v) is 7.77. The third-order valence-electron chi connectivity index (χ3n) is 2.25. The molecule has 2 fully saturated rings. The van der Waals surface area contributed by atoms with E-state index in [9.17, 15) is 5.11 Å². The topological polar surface area (TPSA) is 68.2 Å². The minimum atomic E-state index is -0.495. The molecule has 2 aliphatic heterocycles. The molecule has 0 radical (unpaired) electrons. The van der Waals surface area contributed by atoms with Crippen LogP contribution >= 0.6 is 0 Å². The van der Waals surface area contributed by atoms with Crippen LogP contribution < -0.4 is 0 Å². The molecule has 2 atom stereocenters. The van der Waals surface area contributed by atoms with Crippen LogP contribution in [0.5, 0.6) is 0 Å². The van der Waals surface area contributed by atoms with Crippen LogP contribution in [0.4, 0.5) is 0 Å². The summed E-state index contributed by atoms with van der Waals surface area (Å²) in [5.74, 6) is 0.0735. The summed E-state index contributed by atoms with van der Waals surface area (Å²) in [5, 5.41) is 18.1. The molecule has 0 spiro atoms. The van der Waals surface area contributed by atoms with Crippen LogP contribution in [0, 0.1) is 0 Å². The van der Waals surface area contributed by atoms with Crippen molar-refractivity contribution in [3.05, 3.63) is 23.2 Å². The Morgan fingerprint density at radius 1 is 1.57 bits per heavy atom. The first-order chi connectivity index (χ1) is 6.77. The Bertz CT molecular complexity index is 294. The van der Waals surface area contributed by atoms with Gasteiger partial charge in [-0.2, -0.15) is 0 Å². The Morgan fingerprint density at radius 3 is 3.00 bits per heavy atom. The lowest BCUT2D eigenvalue weighted by Crippen LogP contribution is -2.16. The van der Waals surface area contributed by atoms with Gasteiger partial charge in [-0.25, -0.2) is 0 Å². The van der Waals surface area contributed by atoms with Gasteiger partial charge >= 0.3 is 0 Å². The van der Waals surface area contributed by atoms with Crippen molar-refractivity contribution < 1.29 is 24.4 Å². The molecule has 2 aliphatic rings. The fourth-order valence-electron chi connectivity index (χ4n) is 1.59. The van der Waals surface area contributed by atoms with E-state index in [1.54, 1.807) is 6.08 Å². The highest BCUT2D eigenvalue weighted by Crippen LogP contribution is 2.36. The van der Waals surface area contributed by atoms with Gasteiger partial charge in [-0.15, -0.1) is 0 Å². The lowest BCUT2D eigenvalue weighted by molar-refractivity contribution is -0.0703. The second-order valence-electron chi connectivity index (χ2n) is 3.04. The monoisotopic (exact) mass is 200 g/mol. The summed E-state index contributed by atoms with van der Waals surface area (Å²) in [7, 11) is 0. The number of aliphatic hydroxyl groups is 2. The van der Waals surface area contributed by atoms with Crippen LogP contribution in [0.15, 0.2) is 23.2 Å². The molecule has 2 heterocycles. The molecule has 0 unspecified atom stereocenters. The Labute approximate surface area is 81.2 Å². The number of fused-ring (bicyclic) bond motifs is 1. The van der Waals surface area contributed by atoms with Gasteiger partial charge in [-0.1, -0.05) is 6.08 Å². The summed E-state index contributed by atoms with van der Waals surface area (Å²) in [6.07, 6.45) is 0.995. The van der Waals surface area contributed by atoms with Crippen LogP contribution in [-0.4, -0.2) is 36.0 Å². The highest BCUT2D eigenvalue weighted by molar-refractivity contribution is 5.36. The number of allylic oxidation sites excluding steroid dienone is 1. The maximum atomic E-state index is 9.37. The molecular formula is C9H12O5. The first-order valence-corrected chi connectivity index (χ1v) is 4.37. The smallest absolute Gasteiger partial charge is 0.233 e. The van der Waals surface area contributed by atoms with Crippen molar-refractivity contribution in [3.8, 4) is 0 Å². The zero-order chi connectivity index (χ0) is 10.1. The van der Waals surface area contributed by atoms with Crippen molar-refractivity contribution in [2.75, 3.05) is 13.4 Å². The molecular weight excluding hydrogens is 188 g/mol. The first kappa shape index (κ1) is 9.51. The number of rotatable bonds is 1. The van der Waals surface area contributed by atoms with E-state index in [4.69, 9.17) is 19.3 Å². The number of ether oxygens (including phenoxy) is 3. The Morgan fingerprint density at radius 2 is 2.36 bits per heavy atom. The van der Waals surface area contributed by atoms with Crippen molar-refractivity contribution in [3.63, 3.8) is 0 Å². The van der Waals surface area contributed by atoms with Gasteiger partial charge in [0.1, 0.15) is 6.61 Å². The van der Waals surface area contributed by atoms with Crippen LogP contribution in [0.2, 0.25) is 0 Å². The lowest BCUT2D eigenvalue weighted by Gasteiger charge is -2.06. The summed E-state index contributed by atoms with van der Waals surface area (Å²) in [6, 6.07) is 0. The Kier molecular flexibility index (Phi) is 2.45. The average Bonchev–Trinajstić information content (AvgIpc) is 2.74. The molecule has 78 valence electrons. The predicted octanol–water partition coefficient (Wildman–Crippen LogP) is 0.424. The normalized spacial score (nSPS) is 37.1.